The molecule has 0 fully saturated rings. The zero-order chi connectivity index (χ0) is 13.6. The number of imidazole rings is 1. The highest BCUT2D eigenvalue weighted by Crippen LogP contribution is 2.33. The summed E-state index contributed by atoms with van der Waals surface area (Å²) in [5, 5.41) is 0.634. The van der Waals surface area contributed by atoms with E-state index >= 15 is 0 Å². The molecular formula is C14H11BrClN3. The Morgan fingerprint density at radius 3 is 2.74 bits per heavy atom. The van der Waals surface area contributed by atoms with Crippen molar-refractivity contribution in [3.63, 3.8) is 0 Å². The van der Waals surface area contributed by atoms with Crippen LogP contribution in [0, 0.1) is 6.92 Å². The highest BCUT2D eigenvalue weighted by molar-refractivity contribution is 9.10. The minimum Gasteiger partial charge on any atom is -0.369 e. The third kappa shape index (κ3) is 1.91. The number of hydrogen-bond donors (Lipinski definition) is 1. The first kappa shape index (κ1) is 12.5. The van der Waals surface area contributed by atoms with Gasteiger partial charge in [-0.1, -0.05) is 29.8 Å². The number of benzene rings is 2. The van der Waals surface area contributed by atoms with E-state index in [0.717, 1.165) is 26.8 Å². The number of aromatic nitrogens is 2. The SMILES string of the molecule is Cc1cccc(-n2c(N)nc3cccc(Cl)c32)c1Br. The van der Waals surface area contributed by atoms with Gasteiger partial charge in [-0.25, -0.2) is 4.98 Å². The molecule has 0 spiro atoms. The summed E-state index contributed by atoms with van der Waals surface area (Å²) >= 11 is 9.88. The Labute approximate surface area is 124 Å². The van der Waals surface area contributed by atoms with E-state index in [-0.39, 0.29) is 0 Å². The van der Waals surface area contributed by atoms with Crippen LogP contribution in [0.5, 0.6) is 0 Å². The summed E-state index contributed by atoms with van der Waals surface area (Å²) in [5.41, 5.74) is 9.73. The van der Waals surface area contributed by atoms with E-state index in [1.165, 1.54) is 0 Å². The molecule has 1 heterocycles. The zero-order valence-electron chi connectivity index (χ0n) is 10.2. The molecule has 2 aromatic carbocycles. The number of halogens is 2. The van der Waals surface area contributed by atoms with Gasteiger partial charge >= 0.3 is 0 Å². The van der Waals surface area contributed by atoms with Crippen molar-refractivity contribution in [1.29, 1.82) is 0 Å². The van der Waals surface area contributed by atoms with Crippen molar-refractivity contribution in [3.8, 4) is 5.69 Å². The summed E-state index contributed by atoms with van der Waals surface area (Å²) in [4.78, 5) is 4.36. The third-order valence-corrected chi connectivity index (χ3v) is 4.40. The zero-order valence-corrected chi connectivity index (χ0v) is 12.5. The van der Waals surface area contributed by atoms with Gasteiger partial charge in [-0.3, -0.25) is 4.57 Å². The molecule has 1 aromatic heterocycles. The van der Waals surface area contributed by atoms with E-state index in [1.54, 1.807) is 0 Å². The number of anilines is 1. The molecule has 0 aliphatic carbocycles. The fraction of sp³-hybridized carbons (Fsp3) is 0.0714. The molecule has 19 heavy (non-hydrogen) atoms. The van der Waals surface area contributed by atoms with Crippen LogP contribution in [0.25, 0.3) is 16.7 Å². The molecular weight excluding hydrogens is 326 g/mol. The lowest BCUT2D eigenvalue weighted by molar-refractivity contribution is 1.09. The van der Waals surface area contributed by atoms with Gasteiger partial charge in [0.25, 0.3) is 0 Å². The second-order valence-electron chi connectivity index (χ2n) is 4.32. The van der Waals surface area contributed by atoms with Crippen LogP contribution in [0.3, 0.4) is 0 Å². The van der Waals surface area contributed by atoms with Crippen LogP contribution < -0.4 is 5.73 Å². The Morgan fingerprint density at radius 1 is 1.21 bits per heavy atom. The van der Waals surface area contributed by atoms with Crippen LogP contribution in [0.1, 0.15) is 5.56 Å². The van der Waals surface area contributed by atoms with E-state index in [9.17, 15) is 0 Å². The summed E-state index contributed by atoms with van der Waals surface area (Å²) in [7, 11) is 0. The minimum atomic E-state index is 0.425. The summed E-state index contributed by atoms with van der Waals surface area (Å²) in [6.45, 7) is 2.03. The number of nitrogens with two attached hydrogens (primary N) is 1. The normalized spacial score (nSPS) is 11.1. The standard InChI is InChI=1S/C14H11BrClN3/c1-8-4-2-7-11(12(8)15)19-13-9(16)5-3-6-10(13)18-14(19)17/h2-7H,1H3,(H2,17,18). The van der Waals surface area contributed by atoms with Crippen molar-refractivity contribution in [3.05, 3.63) is 51.5 Å². The average molecular weight is 337 g/mol. The van der Waals surface area contributed by atoms with Crippen LogP contribution in [0.15, 0.2) is 40.9 Å². The molecule has 2 N–H and O–H groups in total. The van der Waals surface area contributed by atoms with Crippen LogP contribution in [-0.4, -0.2) is 9.55 Å². The first-order valence-electron chi connectivity index (χ1n) is 5.77. The summed E-state index contributed by atoms with van der Waals surface area (Å²) in [6, 6.07) is 11.6. The highest BCUT2D eigenvalue weighted by atomic mass is 79.9. The predicted molar refractivity (Wildman–Crippen MR) is 82.9 cm³/mol. The fourth-order valence-corrected chi connectivity index (χ4v) is 2.85. The molecule has 3 nitrogen and oxygen atoms in total. The minimum absolute atomic E-state index is 0.425. The molecule has 3 aromatic rings. The van der Waals surface area contributed by atoms with Gasteiger partial charge in [-0.05, 0) is 46.6 Å². The molecule has 0 aliphatic rings. The summed E-state index contributed by atoms with van der Waals surface area (Å²) in [6.07, 6.45) is 0. The number of rotatable bonds is 1. The molecule has 96 valence electrons. The van der Waals surface area contributed by atoms with Gasteiger partial charge < -0.3 is 5.73 Å². The van der Waals surface area contributed by atoms with Gasteiger partial charge in [0.15, 0.2) is 0 Å². The first-order chi connectivity index (χ1) is 9.09. The molecule has 0 bridgehead atoms. The molecule has 0 radical (unpaired) electrons. The molecule has 0 unspecified atom stereocenters. The van der Waals surface area contributed by atoms with E-state index < -0.39 is 0 Å². The number of nitrogen functional groups attached to an aromatic ring is 1. The van der Waals surface area contributed by atoms with Gasteiger partial charge in [0.05, 0.1) is 21.7 Å². The van der Waals surface area contributed by atoms with Crippen molar-refractivity contribution in [2.75, 3.05) is 5.73 Å². The van der Waals surface area contributed by atoms with Crippen LogP contribution in [0.2, 0.25) is 5.02 Å². The summed E-state index contributed by atoms with van der Waals surface area (Å²) in [5.74, 6) is 0.425. The molecule has 5 heteroatoms. The average Bonchev–Trinajstić information content (AvgIpc) is 2.71. The highest BCUT2D eigenvalue weighted by Gasteiger charge is 2.15. The van der Waals surface area contributed by atoms with Crippen molar-refractivity contribution < 1.29 is 0 Å². The van der Waals surface area contributed by atoms with Gasteiger partial charge in [0, 0.05) is 4.47 Å². The van der Waals surface area contributed by atoms with Crippen LogP contribution in [-0.2, 0) is 0 Å². The maximum absolute atomic E-state index is 6.29. The first-order valence-corrected chi connectivity index (χ1v) is 6.94. The fourth-order valence-electron chi connectivity index (χ4n) is 2.15. The number of nitrogens with zero attached hydrogens (tertiary/aromatic N) is 2. The number of hydrogen-bond acceptors (Lipinski definition) is 2. The lowest BCUT2D eigenvalue weighted by Crippen LogP contribution is -2.02. The predicted octanol–water partition coefficient (Wildman–Crippen LogP) is 4.33. The van der Waals surface area contributed by atoms with E-state index in [1.807, 2.05) is 47.9 Å². The van der Waals surface area contributed by atoms with Crippen LogP contribution in [0.4, 0.5) is 5.95 Å². The Morgan fingerprint density at radius 2 is 1.95 bits per heavy atom. The molecule has 0 aliphatic heterocycles. The topological polar surface area (TPSA) is 43.8 Å². The van der Waals surface area contributed by atoms with Crippen molar-refractivity contribution in [1.82, 2.24) is 9.55 Å². The molecule has 0 saturated heterocycles. The number of para-hydroxylation sites is 1. The van der Waals surface area contributed by atoms with E-state index in [0.29, 0.717) is 11.0 Å². The van der Waals surface area contributed by atoms with Crippen LogP contribution >= 0.6 is 27.5 Å². The quantitative estimate of drug-likeness (QED) is 0.718. The Kier molecular flexibility index (Phi) is 2.99. The van der Waals surface area contributed by atoms with Gasteiger partial charge in [-0.15, -0.1) is 0 Å². The van der Waals surface area contributed by atoms with E-state index in [4.69, 9.17) is 17.3 Å². The largest absolute Gasteiger partial charge is 0.369 e. The molecule has 0 saturated carbocycles. The van der Waals surface area contributed by atoms with Crippen molar-refractivity contribution in [2.45, 2.75) is 6.92 Å². The maximum atomic E-state index is 6.29. The van der Waals surface area contributed by atoms with Crippen molar-refractivity contribution >= 4 is 44.5 Å². The maximum Gasteiger partial charge on any atom is 0.206 e. The van der Waals surface area contributed by atoms with Gasteiger partial charge in [0.2, 0.25) is 5.95 Å². The Balaban J connectivity index is 2.43. The monoisotopic (exact) mass is 335 g/mol. The molecule has 0 amide bonds. The third-order valence-electron chi connectivity index (χ3n) is 3.07. The van der Waals surface area contributed by atoms with Crippen molar-refractivity contribution in [2.24, 2.45) is 0 Å². The number of aryl methyl sites for hydroxylation is 1. The van der Waals surface area contributed by atoms with Gasteiger partial charge in [0.1, 0.15) is 0 Å². The smallest absolute Gasteiger partial charge is 0.206 e. The number of fused-ring (bicyclic) bond motifs is 1. The second-order valence-corrected chi connectivity index (χ2v) is 5.52. The second kappa shape index (κ2) is 4.54. The lowest BCUT2D eigenvalue weighted by atomic mass is 10.2. The Hall–Kier alpha value is -1.52. The van der Waals surface area contributed by atoms with Gasteiger partial charge in [-0.2, -0.15) is 0 Å². The summed E-state index contributed by atoms with van der Waals surface area (Å²) < 4.78 is 2.86. The molecule has 0 atom stereocenters. The van der Waals surface area contributed by atoms with E-state index in [2.05, 4.69) is 20.9 Å². The molecule has 3 rings (SSSR count). The Bertz CT molecular complexity index is 780. The lowest BCUT2D eigenvalue weighted by Gasteiger charge is -2.11.